The van der Waals surface area contributed by atoms with E-state index in [1.54, 1.807) is 13.8 Å². The van der Waals surface area contributed by atoms with Crippen LogP contribution < -0.4 is 0 Å². The molecule has 0 aliphatic carbocycles. The zero-order chi connectivity index (χ0) is 12.6. The van der Waals surface area contributed by atoms with Crippen LogP contribution in [0.1, 0.15) is 47.0 Å². The molecule has 0 spiro atoms. The molecule has 0 rings (SSSR count). The third-order valence-electron chi connectivity index (χ3n) is 2.26. The van der Waals surface area contributed by atoms with Crippen LogP contribution in [0.25, 0.3) is 0 Å². The molecule has 0 aromatic heterocycles. The summed E-state index contributed by atoms with van der Waals surface area (Å²) in [7, 11) is 0. The molecule has 0 amide bonds. The number of carbonyl (C=O) groups is 1. The second kappa shape index (κ2) is 8.34. The van der Waals surface area contributed by atoms with Gasteiger partial charge in [0, 0.05) is 5.92 Å². The summed E-state index contributed by atoms with van der Waals surface area (Å²) in [6.45, 7) is 7.49. The molecule has 0 saturated heterocycles. The fraction of sp³-hybridized carbons (Fsp3) is 0.769. The molecule has 16 heavy (non-hydrogen) atoms. The molecule has 0 fully saturated rings. The second-order valence-electron chi connectivity index (χ2n) is 4.36. The topological polar surface area (TPSA) is 46.5 Å². The summed E-state index contributed by atoms with van der Waals surface area (Å²) in [5, 5.41) is 9.67. The smallest absolute Gasteiger partial charge is 0.335 e. The minimum atomic E-state index is -1.06. The van der Waals surface area contributed by atoms with Gasteiger partial charge < -0.3 is 9.84 Å². The molecule has 0 radical (unpaired) electrons. The Bertz CT molecular complexity index is 221. The van der Waals surface area contributed by atoms with Crippen molar-refractivity contribution < 1.29 is 14.6 Å². The van der Waals surface area contributed by atoms with Crippen molar-refractivity contribution in [3.05, 3.63) is 12.2 Å². The maximum Gasteiger partial charge on any atom is 0.335 e. The predicted octanol–water partition coefficient (Wildman–Crippen LogP) is 2.68. The molecule has 0 saturated carbocycles. The van der Waals surface area contributed by atoms with Gasteiger partial charge in [-0.05, 0) is 20.3 Å². The van der Waals surface area contributed by atoms with Crippen LogP contribution >= 0.6 is 0 Å². The van der Waals surface area contributed by atoms with Crippen LogP contribution in [0, 0.1) is 5.92 Å². The van der Waals surface area contributed by atoms with Gasteiger partial charge in [0.15, 0.2) is 6.10 Å². The molecule has 2 atom stereocenters. The highest BCUT2D eigenvalue weighted by atomic mass is 16.6. The summed E-state index contributed by atoms with van der Waals surface area (Å²) < 4.78 is 4.94. The van der Waals surface area contributed by atoms with Crippen molar-refractivity contribution >= 4 is 5.97 Å². The highest BCUT2D eigenvalue weighted by Gasteiger charge is 2.22. The Balaban J connectivity index is 4.01. The van der Waals surface area contributed by atoms with Crippen molar-refractivity contribution in [1.29, 1.82) is 0 Å². The Labute approximate surface area is 98.5 Å². The average Bonchev–Trinajstić information content (AvgIpc) is 2.22. The van der Waals surface area contributed by atoms with E-state index in [1.807, 2.05) is 19.1 Å². The first-order valence-corrected chi connectivity index (χ1v) is 6.04. The van der Waals surface area contributed by atoms with E-state index < -0.39 is 12.1 Å². The third-order valence-corrected chi connectivity index (χ3v) is 2.26. The van der Waals surface area contributed by atoms with E-state index in [-0.39, 0.29) is 12.0 Å². The fourth-order valence-corrected chi connectivity index (χ4v) is 1.25. The normalized spacial score (nSPS) is 15.4. The molecular weight excluding hydrogens is 204 g/mol. The molecule has 3 heteroatoms. The standard InChI is InChI=1S/C13H24O3/c1-5-6-7-8-9-11(4)12(14)13(15)16-10(2)3/h8-12,14H,5-7H2,1-4H3/b9-8-/t11-,12-/m1/s1. The van der Waals surface area contributed by atoms with Crippen molar-refractivity contribution in [2.45, 2.75) is 59.2 Å². The first-order chi connectivity index (χ1) is 7.49. The molecule has 0 aliphatic rings. The maximum absolute atomic E-state index is 11.4. The number of esters is 1. The van der Waals surface area contributed by atoms with Crippen LogP contribution in [-0.2, 0) is 9.53 Å². The highest BCUT2D eigenvalue weighted by molar-refractivity contribution is 5.75. The quantitative estimate of drug-likeness (QED) is 0.414. The van der Waals surface area contributed by atoms with Crippen molar-refractivity contribution in [2.75, 3.05) is 0 Å². The minimum Gasteiger partial charge on any atom is -0.461 e. The number of carbonyl (C=O) groups excluding carboxylic acids is 1. The molecule has 0 aromatic carbocycles. The number of hydrogen-bond donors (Lipinski definition) is 1. The summed E-state index contributed by atoms with van der Waals surface area (Å²) in [6, 6.07) is 0. The minimum absolute atomic E-state index is 0.182. The van der Waals surface area contributed by atoms with Crippen LogP contribution in [0.2, 0.25) is 0 Å². The van der Waals surface area contributed by atoms with Crippen molar-refractivity contribution in [2.24, 2.45) is 5.92 Å². The van der Waals surface area contributed by atoms with Gasteiger partial charge in [-0.25, -0.2) is 4.79 Å². The lowest BCUT2D eigenvalue weighted by molar-refractivity contribution is -0.159. The van der Waals surface area contributed by atoms with Gasteiger partial charge in [0.2, 0.25) is 0 Å². The van der Waals surface area contributed by atoms with E-state index in [0.717, 1.165) is 19.3 Å². The summed E-state index contributed by atoms with van der Waals surface area (Å²) in [6.07, 6.45) is 5.93. The number of allylic oxidation sites excluding steroid dienone is 1. The molecule has 0 aliphatic heterocycles. The van der Waals surface area contributed by atoms with Gasteiger partial charge in [0.1, 0.15) is 0 Å². The third kappa shape index (κ3) is 6.62. The Morgan fingerprint density at radius 2 is 2.00 bits per heavy atom. The van der Waals surface area contributed by atoms with Gasteiger partial charge >= 0.3 is 5.97 Å². The van der Waals surface area contributed by atoms with Crippen LogP contribution in [0.3, 0.4) is 0 Å². The van der Waals surface area contributed by atoms with Crippen molar-refractivity contribution in [3.8, 4) is 0 Å². The van der Waals surface area contributed by atoms with Gasteiger partial charge in [0.25, 0.3) is 0 Å². The molecule has 1 N–H and O–H groups in total. The average molecular weight is 228 g/mol. The summed E-state index contributed by atoms with van der Waals surface area (Å²) in [5.41, 5.74) is 0. The fourth-order valence-electron chi connectivity index (χ4n) is 1.25. The Morgan fingerprint density at radius 1 is 1.38 bits per heavy atom. The van der Waals surface area contributed by atoms with Crippen LogP contribution in [-0.4, -0.2) is 23.3 Å². The van der Waals surface area contributed by atoms with Crippen LogP contribution in [0.4, 0.5) is 0 Å². The van der Waals surface area contributed by atoms with Crippen LogP contribution in [0.5, 0.6) is 0 Å². The summed E-state index contributed by atoms with van der Waals surface area (Å²) >= 11 is 0. The Morgan fingerprint density at radius 3 is 2.50 bits per heavy atom. The SMILES string of the molecule is CCCC/C=C\[C@@H](C)[C@@H](O)C(=O)OC(C)C. The predicted molar refractivity (Wildman–Crippen MR) is 65.1 cm³/mol. The van der Waals surface area contributed by atoms with Crippen LogP contribution in [0.15, 0.2) is 12.2 Å². The summed E-state index contributed by atoms with van der Waals surface area (Å²) in [5.74, 6) is -0.731. The number of aliphatic hydroxyl groups excluding tert-OH is 1. The first kappa shape index (κ1) is 15.2. The van der Waals surface area contributed by atoms with Gasteiger partial charge in [-0.1, -0.05) is 38.8 Å². The number of hydrogen-bond acceptors (Lipinski definition) is 3. The molecule has 0 heterocycles. The second-order valence-corrected chi connectivity index (χ2v) is 4.36. The molecular formula is C13H24O3. The van der Waals surface area contributed by atoms with Gasteiger partial charge in [-0.15, -0.1) is 0 Å². The molecule has 0 bridgehead atoms. The lowest BCUT2D eigenvalue weighted by Crippen LogP contribution is -2.30. The monoisotopic (exact) mass is 228 g/mol. The van der Waals surface area contributed by atoms with Gasteiger partial charge in [-0.3, -0.25) is 0 Å². The van der Waals surface area contributed by atoms with Crippen molar-refractivity contribution in [1.82, 2.24) is 0 Å². The highest BCUT2D eigenvalue weighted by Crippen LogP contribution is 2.09. The molecule has 3 nitrogen and oxygen atoms in total. The Kier molecular flexibility index (Phi) is 7.90. The number of aliphatic hydroxyl groups is 1. The van der Waals surface area contributed by atoms with Crippen molar-refractivity contribution in [3.63, 3.8) is 0 Å². The Hall–Kier alpha value is -0.830. The maximum atomic E-state index is 11.4. The zero-order valence-electron chi connectivity index (χ0n) is 10.8. The van der Waals surface area contributed by atoms with Gasteiger partial charge in [0.05, 0.1) is 6.10 Å². The lowest BCUT2D eigenvalue weighted by Gasteiger charge is -2.16. The van der Waals surface area contributed by atoms with E-state index >= 15 is 0 Å². The molecule has 94 valence electrons. The zero-order valence-corrected chi connectivity index (χ0v) is 10.8. The van der Waals surface area contributed by atoms with Gasteiger partial charge in [-0.2, -0.15) is 0 Å². The largest absolute Gasteiger partial charge is 0.461 e. The van der Waals surface area contributed by atoms with E-state index in [1.165, 1.54) is 0 Å². The summed E-state index contributed by atoms with van der Waals surface area (Å²) in [4.78, 5) is 11.4. The van der Waals surface area contributed by atoms with E-state index in [9.17, 15) is 9.90 Å². The van der Waals surface area contributed by atoms with E-state index in [2.05, 4.69) is 6.92 Å². The van der Waals surface area contributed by atoms with E-state index in [0.29, 0.717) is 0 Å². The molecule has 0 aromatic rings. The molecule has 0 unspecified atom stereocenters. The first-order valence-electron chi connectivity index (χ1n) is 6.04. The van der Waals surface area contributed by atoms with E-state index in [4.69, 9.17) is 4.74 Å². The number of rotatable bonds is 7. The lowest BCUT2D eigenvalue weighted by atomic mass is 10.0. The number of ether oxygens (including phenoxy) is 1. The number of unbranched alkanes of at least 4 members (excludes halogenated alkanes) is 2.